The first-order chi connectivity index (χ1) is 11.6. The average Bonchev–Trinajstić information content (AvgIpc) is 2.65. The summed E-state index contributed by atoms with van der Waals surface area (Å²) in [5, 5.41) is 10.4. The predicted octanol–water partition coefficient (Wildman–Crippen LogP) is 1.02. The number of hydrogen-bond acceptors (Lipinski definition) is 5. The van der Waals surface area contributed by atoms with Crippen molar-refractivity contribution in [1.82, 2.24) is 4.90 Å². The van der Waals surface area contributed by atoms with Gasteiger partial charge in [0, 0.05) is 13.1 Å². The molecule has 132 valence electrons. The minimum atomic E-state index is -1.37. The summed E-state index contributed by atoms with van der Waals surface area (Å²) in [7, 11) is 1.28. The maximum atomic E-state index is 12.4. The molecule has 1 N–H and O–H groups in total. The molecule has 1 aliphatic heterocycles. The van der Waals surface area contributed by atoms with Gasteiger partial charge in [0.1, 0.15) is 6.10 Å². The number of aryl methyl sites for hydroxylation is 1. The number of hydrogen-bond donors (Lipinski definition) is 1. The average molecular weight is 335 g/mol. The lowest BCUT2D eigenvalue weighted by molar-refractivity contribution is -0.159. The van der Waals surface area contributed by atoms with Crippen molar-refractivity contribution >= 4 is 11.9 Å². The van der Waals surface area contributed by atoms with Crippen LogP contribution in [-0.4, -0.2) is 61.4 Å². The Morgan fingerprint density at radius 2 is 1.92 bits per heavy atom. The SMILES string of the molecule is COC(=O)[C@@H](CCCc1ccccc1)[C@@H](O)C(=O)N1CCOCC1. The Morgan fingerprint density at radius 1 is 1.25 bits per heavy atom. The zero-order chi connectivity index (χ0) is 17.4. The first-order valence-corrected chi connectivity index (χ1v) is 8.30. The Balaban J connectivity index is 1.93. The molecule has 0 saturated carbocycles. The summed E-state index contributed by atoms with van der Waals surface area (Å²) >= 11 is 0. The fourth-order valence-electron chi connectivity index (χ4n) is 2.87. The van der Waals surface area contributed by atoms with E-state index in [1.165, 1.54) is 7.11 Å². The van der Waals surface area contributed by atoms with E-state index in [0.717, 1.165) is 12.0 Å². The second-order valence-electron chi connectivity index (χ2n) is 5.89. The number of amides is 1. The predicted molar refractivity (Wildman–Crippen MR) is 88.3 cm³/mol. The molecular weight excluding hydrogens is 310 g/mol. The summed E-state index contributed by atoms with van der Waals surface area (Å²) in [6, 6.07) is 9.91. The van der Waals surface area contributed by atoms with Gasteiger partial charge in [0.2, 0.25) is 0 Å². The van der Waals surface area contributed by atoms with Crippen LogP contribution in [0.15, 0.2) is 30.3 Å². The number of esters is 1. The topological polar surface area (TPSA) is 76.1 Å². The van der Waals surface area contributed by atoms with Crippen LogP contribution in [0.25, 0.3) is 0 Å². The Morgan fingerprint density at radius 3 is 2.54 bits per heavy atom. The highest BCUT2D eigenvalue weighted by molar-refractivity contribution is 5.87. The number of aliphatic hydroxyl groups is 1. The molecular formula is C18H25NO5. The van der Waals surface area contributed by atoms with Crippen LogP contribution < -0.4 is 0 Å². The first kappa shape index (κ1) is 18.4. The van der Waals surface area contributed by atoms with E-state index in [-0.39, 0.29) is 0 Å². The number of carbonyl (C=O) groups excluding carboxylic acids is 2. The molecule has 1 aliphatic rings. The Kier molecular flexibility index (Phi) is 7.21. The third-order valence-corrected chi connectivity index (χ3v) is 4.28. The smallest absolute Gasteiger partial charge is 0.311 e. The van der Waals surface area contributed by atoms with Gasteiger partial charge in [-0.1, -0.05) is 30.3 Å². The largest absolute Gasteiger partial charge is 0.469 e. The van der Waals surface area contributed by atoms with Crippen molar-refractivity contribution in [3.8, 4) is 0 Å². The van der Waals surface area contributed by atoms with Gasteiger partial charge < -0.3 is 19.5 Å². The number of carbonyl (C=O) groups is 2. The minimum Gasteiger partial charge on any atom is -0.469 e. The molecule has 0 bridgehead atoms. The Hall–Kier alpha value is -1.92. The Labute approximate surface area is 142 Å². The molecule has 1 heterocycles. The zero-order valence-electron chi connectivity index (χ0n) is 14.0. The molecule has 6 heteroatoms. The number of morpholine rings is 1. The molecule has 1 saturated heterocycles. The molecule has 0 spiro atoms. The van der Waals surface area contributed by atoms with Crippen molar-refractivity contribution in [2.24, 2.45) is 5.92 Å². The van der Waals surface area contributed by atoms with E-state index in [4.69, 9.17) is 9.47 Å². The van der Waals surface area contributed by atoms with E-state index in [1.807, 2.05) is 30.3 Å². The second kappa shape index (κ2) is 9.39. The summed E-state index contributed by atoms with van der Waals surface area (Å²) < 4.78 is 9.98. The highest BCUT2D eigenvalue weighted by Gasteiger charge is 2.35. The third kappa shape index (κ3) is 5.04. The molecule has 0 radical (unpaired) electrons. The maximum absolute atomic E-state index is 12.4. The van der Waals surface area contributed by atoms with Crippen molar-refractivity contribution in [1.29, 1.82) is 0 Å². The molecule has 24 heavy (non-hydrogen) atoms. The van der Waals surface area contributed by atoms with Crippen molar-refractivity contribution in [2.45, 2.75) is 25.4 Å². The summed E-state index contributed by atoms with van der Waals surface area (Å²) in [6.07, 6.45) is 0.509. The monoisotopic (exact) mass is 335 g/mol. The van der Waals surface area contributed by atoms with E-state index in [0.29, 0.717) is 39.1 Å². The van der Waals surface area contributed by atoms with Crippen LogP contribution >= 0.6 is 0 Å². The first-order valence-electron chi connectivity index (χ1n) is 8.30. The molecule has 0 aliphatic carbocycles. The van der Waals surface area contributed by atoms with Crippen molar-refractivity contribution < 1.29 is 24.2 Å². The highest BCUT2D eigenvalue weighted by atomic mass is 16.5. The molecule has 6 nitrogen and oxygen atoms in total. The molecule has 1 amide bonds. The number of ether oxygens (including phenoxy) is 2. The van der Waals surface area contributed by atoms with Crippen LogP contribution in [-0.2, 0) is 25.5 Å². The summed E-state index contributed by atoms with van der Waals surface area (Å²) in [4.78, 5) is 26.0. The van der Waals surface area contributed by atoms with Crippen LogP contribution in [0, 0.1) is 5.92 Å². The summed E-state index contributed by atoms with van der Waals surface area (Å²) in [5.41, 5.74) is 1.16. The molecule has 2 rings (SSSR count). The van der Waals surface area contributed by atoms with Gasteiger partial charge in [-0.05, 0) is 24.8 Å². The van der Waals surface area contributed by atoms with Gasteiger partial charge in [0.05, 0.1) is 26.2 Å². The van der Waals surface area contributed by atoms with Crippen LogP contribution in [0.2, 0.25) is 0 Å². The number of benzene rings is 1. The van der Waals surface area contributed by atoms with Gasteiger partial charge in [0.15, 0.2) is 0 Å². The fraction of sp³-hybridized carbons (Fsp3) is 0.556. The lowest BCUT2D eigenvalue weighted by Gasteiger charge is -2.30. The molecule has 1 aromatic carbocycles. The van der Waals surface area contributed by atoms with Gasteiger partial charge in [-0.25, -0.2) is 0 Å². The van der Waals surface area contributed by atoms with Gasteiger partial charge in [-0.2, -0.15) is 0 Å². The molecule has 0 aromatic heterocycles. The summed E-state index contributed by atoms with van der Waals surface area (Å²) in [5.74, 6) is -1.81. The van der Waals surface area contributed by atoms with Crippen molar-refractivity contribution in [2.75, 3.05) is 33.4 Å². The third-order valence-electron chi connectivity index (χ3n) is 4.28. The highest BCUT2D eigenvalue weighted by Crippen LogP contribution is 2.18. The minimum absolute atomic E-state index is 0.402. The second-order valence-corrected chi connectivity index (χ2v) is 5.89. The Bertz CT molecular complexity index is 527. The molecule has 0 unspecified atom stereocenters. The number of nitrogens with zero attached hydrogens (tertiary/aromatic N) is 1. The van der Waals surface area contributed by atoms with E-state index in [9.17, 15) is 14.7 Å². The quantitative estimate of drug-likeness (QED) is 0.753. The van der Waals surface area contributed by atoms with Gasteiger partial charge in [-0.3, -0.25) is 9.59 Å². The molecule has 1 fully saturated rings. The fourth-order valence-corrected chi connectivity index (χ4v) is 2.87. The zero-order valence-corrected chi connectivity index (χ0v) is 14.0. The van der Waals surface area contributed by atoms with Crippen LogP contribution in [0.1, 0.15) is 18.4 Å². The van der Waals surface area contributed by atoms with E-state index >= 15 is 0 Å². The van der Waals surface area contributed by atoms with Gasteiger partial charge in [0.25, 0.3) is 5.91 Å². The normalized spacial score (nSPS) is 17.2. The van der Waals surface area contributed by atoms with Gasteiger partial charge >= 0.3 is 5.97 Å². The van der Waals surface area contributed by atoms with Crippen LogP contribution in [0.4, 0.5) is 0 Å². The maximum Gasteiger partial charge on any atom is 0.311 e. The van der Waals surface area contributed by atoms with E-state index in [1.54, 1.807) is 4.90 Å². The van der Waals surface area contributed by atoms with Crippen LogP contribution in [0.3, 0.4) is 0 Å². The number of rotatable bonds is 7. The van der Waals surface area contributed by atoms with Crippen molar-refractivity contribution in [3.63, 3.8) is 0 Å². The van der Waals surface area contributed by atoms with E-state index < -0.39 is 23.9 Å². The molecule has 2 atom stereocenters. The van der Waals surface area contributed by atoms with Crippen molar-refractivity contribution in [3.05, 3.63) is 35.9 Å². The molecule has 1 aromatic rings. The number of methoxy groups -OCH3 is 1. The van der Waals surface area contributed by atoms with E-state index in [2.05, 4.69) is 0 Å². The standard InChI is InChI=1S/C18H25NO5/c1-23-18(22)15(9-5-8-14-6-3-2-4-7-14)16(20)17(21)19-10-12-24-13-11-19/h2-4,6-7,15-16,20H,5,8-13H2,1H3/t15-,16+/m0/s1. The lowest BCUT2D eigenvalue weighted by atomic mass is 9.93. The lowest BCUT2D eigenvalue weighted by Crippen LogP contribution is -2.49. The van der Waals surface area contributed by atoms with Crippen LogP contribution in [0.5, 0.6) is 0 Å². The van der Waals surface area contributed by atoms with Gasteiger partial charge in [-0.15, -0.1) is 0 Å². The number of aliphatic hydroxyl groups excluding tert-OH is 1. The summed E-state index contributed by atoms with van der Waals surface area (Å²) in [6.45, 7) is 1.78.